The van der Waals surface area contributed by atoms with Gasteiger partial charge in [0.05, 0.1) is 11.4 Å². The van der Waals surface area contributed by atoms with E-state index in [1.54, 1.807) is 0 Å². The molecule has 0 atom stereocenters. The third-order valence-corrected chi connectivity index (χ3v) is 22.5. The molecule has 17 aromatic rings. The van der Waals surface area contributed by atoms with Crippen LogP contribution in [0.1, 0.15) is 79.0 Å². The maximum atomic E-state index is 6.93. The molecule has 2 aliphatic heterocycles. The summed E-state index contributed by atoms with van der Waals surface area (Å²) < 4.78 is 13.9. The van der Waals surface area contributed by atoms with Gasteiger partial charge in [0, 0.05) is 66.5 Å². The number of benzene rings is 15. The second-order valence-electron chi connectivity index (χ2n) is 32.3. The van der Waals surface area contributed by atoms with Gasteiger partial charge in [0.2, 0.25) is 0 Å². The first kappa shape index (κ1) is 65.3. The fourth-order valence-corrected chi connectivity index (χ4v) is 17.0. The Kier molecular flexibility index (Phi) is 15.4. The van der Waals surface area contributed by atoms with Gasteiger partial charge < -0.3 is 18.6 Å². The van der Waals surface area contributed by atoms with E-state index in [0.29, 0.717) is 0 Å². The van der Waals surface area contributed by atoms with Crippen molar-refractivity contribution in [1.29, 1.82) is 0 Å². The van der Waals surface area contributed by atoms with Crippen LogP contribution < -0.4 is 26.2 Å². The predicted octanol–water partition coefficient (Wildman–Crippen LogP) is 26.8. The summed E-state index contributed by atoms with van der Waals surface area (Å²) in [5.74, 6) is 0. The second kappa shape index (κ2) is 25.1. The molecule has 0 radical (unpaired) electrons. The van der Waals surface area contributed by atoms with Gasteiger partial charge in [0.15, 0.2) is 0 Å². The highest BCUT2D eigenvalue weighted by Gasteiger charge is 2.47. The van der Waals surface area contributed by atoms with E-state index in [0.717, 1.165) is 167 Å². The van der Waals surface area contributed by atoms with E-state index < -0.39 is 0 Å². The second-order valence-corrected chi connectivity index (χ2v) is 32.3. The molecule has 0 saturated carbocycles. The van der Waals surface area contributed by atoms with Crippen LogP contribution in [-0.2, 0) is 16.2 Å². The molecule has 0 saturated heterocycles. The average Bonchev–Trinajstić information content (AvgIpc) is 1.07. The Labute approximate surface area is 627 Å². The minimum atomic E-state index is -0.368. The number of hydrogen-bond acceptors (Lipinski definition) is 4. The molecule has 514 valence electrons. The lowest BCUT2D eigenvalue weighted by atomic mass is 9.33. The lowest BCUT2D eigenvalue weighted by Gasteiger charge is -2.47. The Morgan fingerprint density at radius 3 is 0.925 bits per heavy atom. The first-order chi connectivity index (χ1) is 52.0. The van der Waals surface area contributed by atoms with Gasteiger partial charge in [-0.3, -0.25) is 0 Å². The molecule has 0 aliphatic carbocycles. The maximum absolute atomic E-state index is 6.93. The highest BCUT2D eigenvalue weighted by molar-refractivity contribution is 7.00. The van der Waals surface area contributed by atoms with Crippen molar-refractivity contribution in [2.75, 3.05) is 9.80 Å². The molecule has 0 spiro atoms. The fourth-order valence-electron chi connectivity index (χ4n) is 17.0. The van der Waals surface area contributed by atoms with Crippen LogP contribution in [0.5, 0.6) is 0 Å². The Morgan fingerprint density at radius 1 is 0.234 bits per heavy atom. The molecule has 4 nitrogen and oxygen atoms in total. The zero-order valence-corrected chi connectivity index (χ0v) is 62.0. The molecule has 0 bridgehead atoms. The zero-order chi connectivity index (χ0) is 72.6. The smallest absolute Gasteiger partial charge is 0.252 e. The first-order valence-corrected chi connectivity index (χ1v) is 37.6. The normalized spacial score (nSPS) is 12.9. The van der Waals surface area contributed by atoms with Gasteiger partial charge in [-0.25, -0.2) is 0 Å². The number of hydrogen-bond donors (Lipinski definition) is 0. The van der Waals surface area contributed by atoms with Crippen molar-refractivity contribution in [2.24, 2.45) is 0 Å². The fraction of sp³-hybridized carbons (Fsp3) is 0.118. The summed E-state index contributed by atoms with van der Waals surface area (Å²) in [6.07, 6.45) is 0. The van der Waals surface area contributed by atoms with Crippen LogP contribution >= 0.6 is 0 Å². The summed E-state index contributed by atoms with van der Waals surface area (Å²) in [7, 11) is 0. The van der Waals surface area contributed by atoms with Gasteiger partial charge in [0.25, 0.3) is 6.71 Å². The Morgan fingerprint density at radius 2 is 0.542 bits per heavy atom. The summed E-state index contributed by atoms with van der Waals surface area (Å²) in [6, 6.07) is 123. The van der Waals surface area contributed by atoms with Gasteiger partial charge in [0.1, 0.15) is 22.3 Å². The van der Waals surface area contributed by atoms with Crippen molar-refractivity contribution < 1.29 is 8.83 Å². The number of fused-ring (bicyclic) bond motifs is 10. The van der Waals surface area contributed by atoms with Crippen LogP contribution in [0.4, 0.5) is 34.1 Å². The van der Waals surface area contributed by atoms with Crippen molar-refractivity contribution in [2.45, 2.75) is 78.6 Å². The number of rotatable bonds is 10. The largest absolute Gasteiger partial charge is 0.456 e. The van der Waals surface area contributed by atoms with E-state index in [1.165, 1.54) is 33.1 Å². The maximum Gasteiger partial charge on any atom is 0.252 e. The molecule has 4 heterocycles. The van der Waals surface area contributed by atoms with Crippen LogP contribution in [0, 0.1) is 0 Å². The van der Waals surface area contributed by atoms with Gasteiger partial charge in [-0.15, -0.1) is 0 Å². The first-order valence-electron chi connectivity index (χ1n) is 37.6. The molecule has 0 amide bonds. The van der Waals surface area contributed by atoms with E-state index in [-0.39, 0.29) is 23.0 Å². The molecule has 0 unspecified atom stereocenters. The molecule has 19 rings (SSSR count). The lowest BCUT2D eigenvalue weighted by molar-refractivity contribution is 0.590. The standard InChI is InChI=1S/C102H81BN2O2/c1-100(2,3)74-58-81(72-40-26-38-68(54-72)64-30-14-10-15-31-64)98(83(60-74)77-44-28-48-93-95(77)79-42-22-24-46-91(79)106-93)104-87-52-50-70(66-34-18-12-19-35-66)56-85(87)103-86-57-71(67-36-20-13-21-37-67)51-53-88(86)105(90-63-76(102(7,8)9)62-89(104)97(90)103)99-82(73-41-27-39-69(55-73)65-32-16-11-17-33-65)59-75(101(4,5)6)61-84(99)78-45-29-49-94-96(78)80-43-23-25-47-92(80)107-94/h10-63H,1-9H3. The quantitative estimate of drug-likeness (QED) is 0.128. The van der Waals surface area contributed by atoms with Crippen LogP contribution in [0.25, 0.3) is 133 Å². The molecule has 5 heteroatoms. The van der Waals surface area contributed by atoms with Crippen LogP contribution in [-0.4, -0.2) is 6.71 Å². The minimum absolute atomic E-state index is 0.279. The van der Waals surface area contributed by atoms with Crippen molar-refractivity contribution in [3.63, 3.8) is 0 Å². The predicted molar refractivity (Wildman–Crippen MR) is 455 cm³/mol. The molecule has 2 aliphatic rings. The molecule has 0 N–H and O–H groups in total. The van der Waals surface area contributed by atoms with Crippen molar-refractivity contribution in [3.05, 3.63) is 344 Å². The van der Waals surface area contributed by atoms with Crippen molar-refractivity contribution in [1.82, 2.24) is 0 Å². The number of furan rings is 2. The highest BCUT2D eigenvalue weighted by Crippen LogP contribution is 2.57. The average molecular weight is 1380 g/mol. The summed E-state index contributed by atoms with van der Waals surface area (Å²) >= 11 is 0. The molecule has 0 fully saturated rings. The Hall–Kier alpha value is -12.4. The summed E-state index contributed by atoms with van der Waals surface area (Å²) in [5, 5.41) is 4.33. The van der Waals surface area contributed by atoms with Crippen molar-refractivity contribution in [3.8, 4) is 89.0 Å². The number of para-hydroxylation sites is 2. The third kappa shape index (κ3) is 11.1. The number of nitrogens with zero attached hydrogens (tertiary/aromatic N) is 2. The summed E-state index contributed by atoms with van der Waals surface area (Å²) in [4.78, 5) is 5.44. The van der Waals surface area contributed by atoms with Gasteiger partial charge >= 0.3 is 0 Å². The van der Waals surface area contributed by atoms with Gasteiger partial charge in [-0.05, 0) is 201 Å². The van der Waals surface area contributed by atoms with E-state index >= 15 is 0 Å². The Balaban J connectivity index is 1.01. The molecule has 2 aromatic heterocycles. The van der Waals surface area contributed by atoms with E-state index in [1.807, 2.05) is 0 Å². The zero-order valence-electron chi connectivity index (χ0n) is 62.0. The third-order valence-electron chi connectivity index (χ3n) is 22.5. The molecule has 15 aromatic carbocycles. The summed E-state index contributed by atoms with van der Waals surface area (Å²) in [5.41, 5.74) is 34.6. The van der Waals surface area contributed by atoms with Gasteiger partial charge in [-0.1, -0.05) is 305 Å². The van der Waals surface area contributed by atoms with E-state index in [4.69, 9.17) is 8.83 Å². The van der Waals surface area contributed by atoms with E-state index in [2.05, 4.69) is 400 Å². The lowest BCUT2D eigenvalue weighted by Crippen LogP contribution is -2.61. The molecule has 107 heavy (non-hydrogen) atoms. The molecular weight excluding hydrogens is 1300 g/mol. The van der Waals surface area contributed by atoms with Crippen LogP contribution in [0.3, 0.4) is 0 Å². The summed E-state index contributed by atoms with van der Waals surface area (Å²) in [6.45, 7) is 21.0. The monoisotopic (exact) mass is 1380 g/mol. The van der Waals surface area contributed by atoms with Crippen LogP contribution in [0.2, 0.25) is 0 Å². The topological polar surface area (TPSA) is 32.8 Å². The number of anilines is 6. The van der Waals surface area contributed by atoms with Crippen molar-refractivity contribution >= 4 is 101 Å². The van der Waals surface area contributed by atoms with Gasteiger partial charge in [-0.2, -0.15) is 0 Å². The minimum Gasteiger partial charge on any atom is -0.456 e. The van der Waals surface area contributed by atoms with E-state index in [9.17, 15) is 0 Å². The van der Waals surface area contributed by atoms with Crippen LogP contribution in [0.15, 0.2) is 336 Å². The highest BCUT2D eigenvalue weighted by atomic mass is 16.3. The molecular formula is C102H81BN2O2. The SMILES string of the molecule is CC(C)(C)c1cc(-c2cccc(-c3ccccc3)c2)c(N2c3ccc(-c4ccccc4)cc3B3c4cc(-c5ccccc5)ccc4N(c4c(-c5cccc(-c6ccccc6)c5)cc(C(C)(C)C)cc4-c4cccc5oc6ccccc6c45)c4cc(C(C)(C)C)cc2c43)c(-c2cccc3oc4ccccc4c23)c1. The Bertz CT molecular complexity index is 6000.